The normalized spacial score (nSPS) is 13.9. The molecule has 3 aromatic rings. The van der Waals surface area contributed by atoms with Crippen molar-refractivity contribution in [2.75, 3.05) is 31.5 Å². The predicted octanol–water partition coefficient (Wildman–Crippen LogP) is 6.84. The molecular formula is C27H32Cl2N4S. The third kappa shape index (κ3) is 6.76. The van der Waals surface area contributed by atoms with Crippen molar-refractivity contribution in [1.29, 1.82) is 0 Å². The van der Waals surface area contributed by atoms with E-state index in [0.29, 0.717) is 0 Å². The minimum absolute atomic E-state index is 0.728. The van der Waals surface area contributed by atoms with Gasteiger partial charge in [0.05, 0.1) is 6.54 Å². The molecule has 0 amide bonds. The molecule has 1 N–H and O–H groups in total. The fraction of sp³-hybridized carbons (Fsp3) is 0.370. The molecule has 0 atom stereocenters. The largest absolute Gasteiger partial charge is 0.345 e. The average Bonchev–Trinajstić information content (AvgIpc) is 3.50. The van der Waals surface area contributed by atoms with Crippen LogP contribution in [-0.2, 0) is 13.1 Å². The lowest BCUT2D eigenvalue weighted by Crippen LogP contribution is -2.37. The third-order valence-electron chi connectivity index (χ3n) is 6.44. The summed E-state index contributed by atoms with van der Waals surface area (Å²) in [6.07, 6.45) is 5.84. The molecule has 2 heterocycles. The van der Waals surface area contributed by atoms with Gasteiger partial charge in [0.25, 0.3) is 0 Å². The van der Waals surface area contributed by atoms with Crippen LogP contribution in [0.25, 0.3) is 0 Å². The van der Waals surface area contributed by atoms with Crippen molar-refractivity contribution in [3.05, 3.63) is 87.7 Å². The van der Waals surface area contributed by atoms with E-state index < -0.39 is 0 Å². The van der Waals surface area contributed by atoms with Crippen LogP contribution >= 0.6 is 35.4 Å². The van der Waals surface area contributed by atoms with Gasteiger partial charge in [-0.15, -0.1) is 0 Å². The third-order valence-corrected chi connectivity index (χ3v) is 7.46. The zero-order valence-corrected chi connectivity index (χ0v) is 22.0. The molecule has 2 aromatic carbocycles. The van der Waals surface area contributed by atoms with Gasteiger partial charge >= 0.3 is 0 Å². The second kappa shape index (κ2) is 12.1. The van der Waals surface area contributed by atoms with Gasteiger partial charge in [-0.1, -0.05) is 41.4 Å². The number of anilines is 1. The van der Waals surface area contributed by atoms with Crippen LogP contribution in [0.5, 0.6) is 0 Å². The van der Waals surface area contributed by atoms with Gasteiger partial charge in [-0.25, -0.2) is 0 Å². The average molecular weight is 516 g/mol. The summed E-state index contributed by atoms with van der Waals surface area (Å²) in [4.78, 5) is 4.83. The van der Waals surface area contributed by atoms with Crippen LogP contribution in [0.1, 0.15) is 36.1 Å². The smallest absolute Gasteiger partial charge is 0.173 e. The van der Waals surface area contributed by atoms with E-state index in [1.165, 1.54) is 37.2 Å². The predicted molar refractivity (Wildman–Crippen MR) is 148 cm³/mol. The molecular weight excluding hydrogens is 483 g/mol. The Morgan fingerprint density at radius 1 is 1.03 bits per heavy atom. The van der Waals surface area contributed by atoms with E-state index in [2.05, 4.69) is 50.1 Å². The Kier molecular flexibility index (Phi) is 8.90. The van der Waals surface area contributed by atoms with Crippen molar-refractivity contribution < 1.29 is 0 Å². The number of nitrogens with one attached hydrogen (secondary N) is 1. The topological polar surface area (TPSA) is 23.4 Å². The summed E-state index contributed by atoms with van der Waals surface area (Å²) in [5.41, 5.74) is 4.41. The molecule has 1 saturated heterocycles. The van der Waals surface area contributed by atoms with Gasteiger partial charge in [0, 0.05) is 40.7 Å². The lowest BCUT2D eigenvalue weighted by molar-refractivity contribution is 0.304. The summed E-state index contributed by atoms with van der Waals surface area (Å²) < 4.78 is 2.28. The summed E-state index contributed by atoms with van der Waals surface area (Å²) in [7, 11) is 0. The van der Waals surface area contributed by atoms with Gasteiger partial charge in [-0.05, 0) is 106 Å². The first-order valence-electron chi connectivity index (χ1n) is 11.9. The van der Waals surface area contributed by atoms with E-state index in [0.717, 1.165) is 59.0 Å². The van der Waals surface area contributed by atoms with Crippen LogP contribution < -0.4 is 5.32 Å². The number of rotatable bonds is 9. The van der Waals surface area contributed by atoms with E-state index in [4.69, 9.17) is 35.4 Å². The van der Waals surface area contributed by atoms with Crippen molar-refractivity contribution >= 4 is 46.2 Å². The molecule has 7 heteroatoms. The van der Waals surface area contributed by atoms with E-state index in [1.807, 2.05) is 37.3 Å². The zero-order valence-electron chi connectivity index (χ0n) is 19.6. The van der Waals surface area contributed by atoms with E-state index in [-0.39, 0.29) is 0 Å². The lowest BCUT2D eigenvalue weighted by atomic mass is 10.2. The standard InChI is InChI=1S/C27H32Cl2N4S/c1-21-25(29)8-4-9-26(21)30-27(34)33(18-6-16-31-14-2-3-15-31)20-24-7-5-17-32(24)19-22-10-12-23(28)13-11-22/h4-5,7-13,17H,2-3,6,14-16,18-20H2,1H3,(H,30,34). The molecule has 4 rings (SSSR count). The highest BCUT2D eigenvalue weighted by Gasteiger charge is 2.16. The zero-order chi connectivity index (χ0) is 23.9. The SMILES string of the molecule is Cc1c(Cl)cccc1NC(=S)N(CCCN1CCCC1)Cc1cccn1Cc1ccc(Cl)cc1. The maximum Gasteiger partial charge on any atom is 0.173 e. The van der Waals surface area contributed by atoms with Crippen molar-refractivity contribution in [2.45, 2.75) is 39.3 Å². The number of aromatic nitrogens is 1. The second-order valence-electron chi connectivity index (χ2n) is 8.92. The highest BCUT2D eigenvalue weighted by atomic mass is 35.5. The Morgan fingerprint density at radius 3 is 2.56 bits per heavy atom. The second-order valence-corrected chi connectivity index (χ2v) is 10.2. The van der Waals surface area contributed by atoms with E-state index in [9.17, 15) is 0 Å². The number of likely N-dealkylation sites (tertiary alicyclic amines) is 1. The summed E-state index contributed by atoms with van der Waals surface area (Å²) in [5, 5.41) is 5.68. The fourth-order valence-corrected chi connectivity index (χ4v) is 4.98. The lowest BCUT2D eigenvalue weighted by Gasteiger charge is -2.28. The van der Waals surface area contributed by atoms with Crippen molar-refractivity contribution in [1.82, 2.24) is 14.4 Å². The number of thiocarbonyl (C=S) groups is 1. The minimum atomic E-state index is 0.728. The van der Waals surface area contributed by atoms with E-state index in [1.54, 1.807) is 0 Å². The maximum absolute atomic E-state index is 6.34. The monoisotopic (exact) mass is 514 g/mol. The maximum atomic E-state index is 6.34. The molecule has 0 bridgehead atoms. The fourth-order valence-electron chi connectivity index (χ4n) is 4.41. The van der Waals surface area contributed by atoms with Gasteiger partial charge in [-0.2, -0.15) is 0 Å². The van der Waals surface area contributed by atoms with Gasteiger partial charge in [0.1, 0.15) is 0 Å². The number of benzene rings is 2. The molecule has 0 radical (unpaired) electrons. The Labute approximate surface area is 218 Å². The number of hydrogen-bond acceptors (Lipinski definition) is 2. The Morgan fingerprint density at radius 2 is 1.79 bits per heavy atom. The summed E-state index contributed by atoms with van der Waals surface area (Å²) in [6, 6.07) is 18.2. The van der Waals surface area contributed by atoms with Gasteiger partial charge in [0.2, 0.25) is 0 Å². The Hall–Kier alpha value is -2.05. The first-order chi connectivity index (χ1) is 16.5. The summed E-state index contributed by atoms with van der Waals surface area (Å²) in [5.74, 6) is 0. The molecule has 0 unspecified atom stereocenters. The van der Waals surface area contributed by atoms with Crippen LogP contribution in [0.4, 0.5) is 5.69 Å². The van der Waals surface area contributed by atoms with Crippen LogP contribution in [0.15, 0.2) is 60.8 Å². The first kappa shape index (κ1) is 25.1. The minimum Gasteiger partial charge on any atom is -0.345 e. The molecule has 180 valence electrons. The van der Waals surface area contributed by atoms with Crippen LogP contribution in [0.3, 0.4) is 0 Å². The quantitative estimate of drug-likeness (QED) is 0.316. The van der Waals surface area contributed by atoms with Crippen LogP contribution in [0.2, 0.25) is 10.0 Å². The van der Waals surface area contributed by atoms with Crippen LogP contribution in [-0.4, -0.2) is 45.7 Å². The summed E-state index contributed by atoms with van der Waals surface area (Å²) >= 11 is 18.3. The molecule has 34 heavy (non-hydrogen) atoms. The molecule has 4 nitrogen and oxygen atoms in total. The molecule has 0 saturated carbocycles. The van der Waals surface area contributed by atoms with E-state index >= 15 is 0 Å². The Bertz CT molecular complexity index is 1090. The number of nitrogens with zero attached hydrogens (tertiary/aromatic N) is 3. The highest BCUT2D eigenvalue weighted by Crippen LogP contribution is 2.24. The van der Waals surface area contributed by atoms with Gasteiger partial charge in [0.15, 0.2) is 5.11 Å². The van der Waals surface area contributed by atoms with Gasteiger partial charge in [-0.3, -0.25) is 0 Å². The molecule has 1 aliphatic rings. The number of hydrogen-bond donors (Lipinski definition) is 1. The van der Waals surface area contributed by atoms with Crippen molar-refractivity contribution in [3.63, 3.8) is 0 Å². The van der Waals surface area contributed by atoms with Crippen molar-refractivity contribution in [2.24, 2.45) is 0 Å². The molecule has 1 fully saturated rings. The summed E-state index contributed by atoms with van der Waals surface area (Å²) in [6.45, 7) is 8.00. The van der Waals surface area contributed by atoms with Crippen LogP contribution in [0, 0.1) is 6.92 Å². The molecule has 1 aromatic heterocycles. The Balaban J connectivity index is 1.47. The number of halogens is 2. The first-order valence-corrected chi connectivity index (χ1v) is 13.1. The molecule has 0 aliphatic carbocycles. The highest BCUT2D eigenvalue weighted by molar-refractivity contribution is 7.80. The molecule has 1 aliphatic heterocycles. The van der Waals surface area contributed by atoms with Crippen molar-refractivity contribution in [3.8, 4) is 0 Å². The van der Waals surface area contributed by atoms with Gasteiger partial charge < -0.3 is 19.7 Å². The molecule has 0 spiro atoms.